The van der Waals surface area contributed by atoms with Crippen LogP contribution in [0.2, 0.25) is 0 Å². The second-order valence-corrected chi connectivity index (χ2v) is 6.93. The van der Waals surface area contributed by atoms with Crippen molar-refractivity contribution in [1.29, 1.82) is 0 Å². The molecule has 0 amide bonds. The molecular weight excluding hydrogens is 454 g/mol. The third-order valence-electron chi connectivity index (χ3n) is 5.24. The summed E-state index contributed by atoms with van der Waals surface area (Å²) >= 11 is 0. The quantitative estimate of drug-likeness (QED) is 0.212. The van der Waals surface area contributed by atoms with E-state index in [1.807, 2.05) is 0 Å². The predicted octanol–water partition coefficient (Wildman–Crippen LogP) is 7.59. The van der Waals surface area contributed by atoms with E-state index in [9.17, 15) is 39.5 Å². The van der Waals surface area contributed by atoms with E-state index in [0.29, 0.717) is 0 Å². The minimum absolute atomic E-state index is 0.113. The molecule has 3 aromatic rings. The highest BCUT2D eigenvalue weighted by molar-refractivity contribution is 5.78. The molecule has 0 N–H and O–H groups in total. The standard InChI is InChI=1S/C22H12F10/c1-4-8-11(19(29)22(32)21(31)17(8)27)12-9(23)5-10(24)13(18(12)28)14-15(25)6(2)7(3)16(26)20(14)30/h5H,4H2,1-3H3. The predicted molar refractivity (Wildman–Crippen MR) is 95.7 cm³/mol. The molecule has 0 aliphatic heterocycles. The smallest absolute Gasteiger partial charge is 0.198 e. The van der Waals surface area contributed by atoms with Gasteiger partial charge in [0.2, 0.25) is 0 Å². The van der Waals surface area contributed by atoms with Crippen molar-refractivity contribution in [2.24, 2.45) is 0 Å². The lowest BCUT2D eigenvalue weighted by molar-refractivity contribution is 0.405. The van der Waals surface area contributed by atoms with Crippen molar-refractivity contribution in [2.45, 2.75) is 27.2 Å². The van der Waals surface area contributed by atoms with Gasteiger partial charge in [0.1, 0.15) is 23.3 Å². The van der Waals surface area contributed by atoms with E-state index >= 15 is 4.39 Å². The maximum absolute atomic E-state index is 15.3. The Morgan fingerprint density at radius 2 is 0.906 bits per heavy atom. The fourth-order valence-electron chi connectivity index (χ4n) is 3.43. The first-order valence-electron chi connectivity index (χ1n) is 9.03. The average molecular weight is 466 g/mol. The van der Waals surface area contributed by atoms with Crippen LogP contribution < -0.4 is 0 Å². The summed E-state index contributed by atoms with van der Waals surface area (Å²) in [6, 6.07) is -0.113. The van der Waals surface area contributed by atoms with Crippen molar-refractivity contribution in [2.75, 3.05) is 0 Å². The van der Waals surface area contributed by atoms with Crippen LogP contribution in [0.3, 0.4) is 0 Å². The third kappa shape index (κ3) is 3.23. The Morgan fingerprint density at radius 3 is 1.44 bits per heavy atom. The van der Waals surface area contributed by atoms with Gasteiger partial charge in [-0.15, -0.1) is 0 Å². The number of rotatable bonds is 3. The summed E-state index contributed by atoms with van der Waals surface area (Å²) in [6.45, 7) is 3.10. The summed E-state index contributed by atoms with van der Waals surface area (Å²) in [5, 5.41) is 0. The van der Waals surface area contributed by atoms with Gasteiger partial charge in [-0.1, -0.05) is 6.92 Å². The van der Waals surface area contributed by atoms with Crippen LogP contribution in [0.25, 0.3) is 22.3 Å². The van der Waals surface area contributed by atoms with Gasteiger partial charge in [0.15, 0.2) is 34.9 Å². The second kappa shape index (κ2) is 8.14. The zero-order valence-electron chi connectivity index (χ0n) is 16.6. The van der Waals surface area contributed by atoms with Crippen molar-refractivity contribution in [3.05, 3.63) is 80.9 Å². The van der Waals surface area contributed by atoms with Crippen LogP contribution in [0.5, 0.6) is 0 Å². The first-order chi connectivity index (χ1) is 14.9. The van der Waals surface area contributed by atoms with Crippen molar-refractivity contribution in [1.82, 2.24) is 0 Å². The molecule has 0 saturated carbocycles. The molecule has 0 aliphatic rings. The Kier molecular flexibility index (Phi) is 6.01. The molecule has 170 valence electrons. The summed E-state index contributed by atoms with van der Waals surface area (Å²) in [5.41, 5.74) is -8.29. The molecule has 0 radical (unpaired) electrons. The van der Waals surface area contributed by atoms with Gasteiger partial charge in [-0.2, -0.15) is 0 Å². The first kappa shape index (κ1) is 23.6. The van der Waals surface area contributed by atoms with Gasteiger partial charge in [-0.05, 0) is 31.4 Å². The largest absolute Gasteiger partial charge is 0.206 e. The summed E-state index contributed by atoms with van der Waals surface area (Å²) in [7, 11) is 0. The van der Waals surface area contributed by atoms with E-state index in [2.05, 4.69) is 0 Å². The van der Waals surface area contributed by atoms with Crippen molar-refractivity contribution >= 4 is 0 Å². The van der Waals surface area contributed by atoms with Gasteiger partial charge in [0, 0.05) is 17.2 Å². The highest BCUT2D eigenvalue weighted by atomic mass is 19.2. The van der Waals surface area contributed by atoms with Crippen molar-refractivity contribution in [3.8, 4) is 22.3 Å². The van der Waals surface area contributed by atoms with E-state index in [0.717, 1.165) is 20.8 Å². The van der Waals surface area contributed by atoms with Crippen LogP contribution in [0.15, 0.2) is 6.07 Å². The zero-order valence-corrected chi connectivity index (χ0v) is 16.6. The first-order valence-corrected chi connectivity index (χ1v) is 9.03. The van der Waals surface area contributed by atoms with Gasteiger partial charge < -0.3 is 0 Å². The van der Waals surface area contributed by atoms with Gasteiger partial charge >= 0.3 is 0 Å². The Bertz CT molecular complexity index is 1250. The summed E-state index contributed by atoms with van der Waals surface area (Å²) in [5.74, 6) is -20.0. The summed E-state index contributed by atoms with van der Waals surface area (Å²) in [4.78, 5) is 0. The lowest BCUT2D eigenvalue weighted by atomic mass is 9.90. The Morgan fingerprint density at radius 1 is 0.469 bits per heavy atom. The van der Waals surface area contributed by atoms with Crippen LogP contribution in [-0.4, -0.2) is 0 Å². The Labute approximate surface area is 175 Å². The molecule has 0 nitrogen and oxygen atoms in total. The maximum atomic E-state index is 15.3. The third-order valence-corrected chi connectivity index (χ3v) is 5.24. The number of benzene rings is 3. The number of halogens is 10. The fraction of sp³-hybridized carbons (Fsp3) is 0.182. The van der Waals surface area contributed by atoms with E-state index in [1.165, 1.54) is 0 Å². The summed E-state index contributed by atoms with van der Waals surface area (Å²) < 4.78 is 144. The van der Waals surface area contributed by atoms with E-state index < -0.39 is 104 Å². The highest BCUT2D eigenvalue weighted by Gasteiger charge is 2.33. The van der Waals surface area contributed by atoms with Crippen molar-refractivity contribution < 1.29 is 43.9 Å². The van der Waals surface area contributed by atoms with Crippen LogP contribution in [0.4, 0.5) is 43.9 Å². The lowest BCUT2D eigenvalue weighted by Gasteiger charge is -2.18. The molecule has 0 aliphatic carbocycles. The Hall–Kier alpha value is -3.04. The molecule has 3 rings (SSSR count). The normalized spacial score (nSPS) is 11.4. The minimum atomic E-state index is -2.41. The molecular formula is C22H12F10. The monoisotopic (exact) mass is 466 g/mol. The van der Waals surface area contributed by atoms with Crippen LogP contribution in [0, 0.1) is 72.0 Å². The van der Waals surface area contributed by atoms with Crippen LogP contribution in [-0.2, 0) is 6.42 Å². The number of hydrogen-bond donors (Lipinski definition) is 0. The fourth-order valence-corrected chi connectivity index (χ4v) is 3.43. The molecule has 0 heterocycles. The minimum Gasteiger partial charge on any atom is -0.206 e. The van der Waals surface area contributed by atoms with Crippen LogP contribution in [0.1, 0.15) is 23.6 Å². The molecule has 32 heavy (non-hydrogen) atoms. The van der Waals surface area contributed by atoms with E-state index in [4.69, 9.17) is 0 Å². The molecule has 0 bridgehead atoms. The maximum Gasteiger partial charge on any atom is 0.198 e. The molecule has 10 heteroatoms. The molecule has 0 spiro atoms. The van der Waals surface area contributed by atoms with Gasteiger partial charge in [-0.25, -0.2) is 43.9 Å². The topological polar surface area (TPSA) is 0 Å². The SMILES string of the molecule is CCc1c(F)c(F)c(F)c(F)c1-c1c(F)cc(F)c(-c2c(F)c(C)c(C)c(F)c2F)c1F. The van der Waals surface area contributed by atoms with E-state index in [-0.39, 0.29) is 6.07 Å². The van der Waals surface area contributed by atoms with Gasteiger partial charge in [0.05, 0.1) is 16.7 Å². The van der Waals surface area contributed by atoms with E-state index in [1.54, 1.807) is 0 Å². The Balaban J connectivity index is 2.54. The molecule has 0 fully saturated rings. The second-order valence-electron chi connectivity index (χ2n) is 6.93. The number of hydrogen-bond acceptors (Lipinski definition) is 0. The molecule has 0 aromatic heterocycles. The molecule has 0 unspecified atom stereocenters. The van der Waals surface area contributed by atoms with Crippen LogP contribution >= 0.6 is 0 Å². The zero-order chi connectivity index (χ0) is 24.2. The average Bonchev–Trinajstić information content (AvgIpc) is 2.75. The van der Waals surface area contributed by atoms with Crippen molar-refractivity contribution in [3.63, 3.8) is 0 Å². The molecule has 3 aromatic carbocycles. The van der Waals surface area contributed by atoms with Gasteiger partial charge in [0.25, 0.3) is 0 Å². The molecule has 0 saturated heterocycles. The molecule has 0 atom stereocenters. The highest BCUT2D eigenvalue weighted by Crippen LogP contribution is 2.42. The lowest BCUT2D eigenvalue weighted by Crippen LogP contribution is -2.10. The van der Waals surface area contributed by atoms with Gasteiger partial charge in [-0.3, -0.25) is 0 Å². The summed E-state index contributed by atoms with van der Waals surface area (Å²) in [6.07, 6.45) is -0.595.